The van der Waals surface area contributed by atoms with E-state index in [4.69, 9.17) is 0 Å². The molecular weight excluding hydrogens is 312 g/mol. The number of sulfone groups is 1. The Hall–Kier alpha value is -1.56. The van der Waals surface area contributed by atoms with Crippen LogP contribution in [0.25, 0.3) is 0 Å². The molecule has 2 aliphatic rings. The summed E-state index contributed by atoms with van der Waals surface area (Å²) in [5.41, 5.74) is 3.45. The lowest BCUT2D eigenvalue weighted by molar-refractivity contribution is 0.243. The Morgan fingerprint density at radius 2 is 2.13 bits per heavy atom. The van der Waals surface area contributed by atoms with Crippen LogP contribution < -0.4 is 10.2 Å². The molecule has 5 nitrogen and oxygen atoms in total. The van der Waals surface area contributed by atoms with E-state index in [9.17, 15) is 13.2 Å². The number of rotatable bonds is 2. The number of carbonyl (C=O) groups is 1. The number of amides is 2. The summed E-state index contributed by atoms with van der Waals surface area (Å²) < 4.78 is 23.1. The highest BCUT2D eigenvalue weighted by Gasteiger charge is 2.31. The van der Waals surface area contributed by atoms with Gasteiger partial charge in [-0.25, -0.2) is 13.2 Å². The summed E-state index contributed by atoms with van der Waals surface area (Å²) in [5.74, 6) is 0.700. The molecule has 0 aliphatic carbocycles. The minimum absolute atomic E-state index is 0.0612. The minimum Gasteiger partial charge on any atom is -0.334 e. The Kier molecular flexibility index (Phi) is 4.36. The van der Waals surface area contributed by atoms with E-state index < -0.39 is 9.84 Å². The van der Waals surface area contributed by atoms with Crippen LogP contribution in [0, 0.1) is 0 Å². The Morgan fingerprint density at radius 1 is 1.35 bits per heavy atom. The van der Waals surface area contributed by atoms with Gasteiger partial charge in [-0.1, -0.05) is 26.0 Å². The van der Waals surface area contributed by atoms with E-state index in [0.717, 1.165) is 18.5 Å². The molecule has 2 amide bonds. The molecule has 2 heterocycles. The van der Waals surface area contributed by atoms with Crippen LogP contribution in [0.3, 0.4) is 0 Å². The molecule has 1 saturated heterocycles. The van der Waals surface area contributed by atoms with Crippen LogP contribution in [0.1, 0.15) is 43.7 Å². The first-order valence-electron chi connectivity index (χ1n) is 8.27. The zero-order valence-corrected chi connectivity index (χ0v) is 14.5. The van der Waals surface area contributed by atoms with Crippen LogP contribution in [0.2, 0.25) is 0 Å². The topological polar surface area (TPSA) is 66.5 Å². The molecule has 6 heteroatoms. The van der Waals surface area contributed by atoms with E-state index in [-0.39, 0.29) is 23.6 Å². The molecule has 126 valence electrons. The Labute approximate surface area is 138 Å². The molecule has 1 aromatic rings. The maximum absolute atomic E-state index is 12.6. The fourth-order valence-corrected chi connectivity index (χ4v) is 5.02. The number of anilines is 1. The van der Waals surface area contributed by atoms with Gasteiger partial charge >= 0.3 is 6.03 Å². The quantitative estimate of drug-likeness (QED) is 0.902. The highest BCUT2D eigenvalue weighted by molar-refractivity contribution is 7.91. The largest absolute Gasteiger partial charge is 0.334 e. The van der Waals surface area contributed by atoms with E-state index in [0.29, 0.717) is 18.9 Å². The Morgan fingerprint density at radius 3 is 2.78 bits per heavy atom. The van der Waals surface area contributed by atoms with Crippen molar-refractivity contribution in [3.63, 3.8) is 0 Å². The monoisotopic (exact) mass is 336 g/mol. The van der Waals surface area contributed by atoms with Crippen molar-refractivity contribution in [3.05, 3.63) is 29.3 Å². The van der Waals surface area contributed by atoms with E-state index in [1.165, 1.54) is 11.1 Å². The lowest BCUT2D eigenvalue weighted by Gasteiger charge is -2.31. The number of fused-ring (bicyclic) bond motifs is 1. The van der Waals surface area contributed by atoms with Crippen molar-refractivity contribution in [2.75, 3.05) is 23.0 Å². The highest BCUT2D eigenvalue weighted by atomic mass is 32.2. The van der Waals surface area contributed by atoms with Crippen LogP contribution in [0.5, 0.6) is 0 Å². The van der Waals surface area contributed by atoms with Crippen molar-refractivity contribution in [1.29, 1.82) is 0 Å². The summed E-state index contributed by atoms with van der Waals surface area (Å²) in [6.07, 6.45) is 2.43. The van der Waals surface area contributed by atoms with E-state index in [1.54, 1.807) is 4.90 Å². The first-order valence-corrected chi connectivity index (χ1v) is 10.1. The fourth-order valence-electron chi connectivity index (χ4n) is 3.35. The number of benzene rings is 1. The van der Waals surface area contributed by atoms with Crippen molar-refractivity contribution >= 4 is 21.6 Å². The van der Waals surface area contributed by atoms with Crippen LogP contribution >= 0.6 is 0 Å². The third-order valence-electron chi connectivity index (χ3n) is 4.69. The van der Waals surface area contributed by atoms with Gasteiger partial charge in [-0.3, -0.25) is 4.90 Å². The second-order valence-electron chi connectivity index (χ2n) is 6.85. The van der Waals surface area contributed by atoms with E-state index >= 15 is 0 Å². The molecule has 3 rings (SSSR count). The molecule has 0 spiro atoms. The molecule has 0 radical (unpaired) electrons. The predicted octanol–water partition coefficient (Wildman–Crippen LogP) is 2.46. The number of nitrogens with zero attached hydrogens (tertiary/aromatic N) is 1. The average Bonchev–Trinajstić information content (AvgIpc) is 2.84. The summed E-state index contributed by atoms with van der Waals surface area (Å²) in [4.78, 5) is 14.3. The molecule has 1 fully saturated rings. The first kappa shape index (κ1) is 16.3. The van der Waals surface area contributed by atoms with Gasteiger partial charge in [-0.15, -0.1) is 0 Å². The van der Waals surface area contributed by atoms with Gasteiger partial charge in [0.1, 0.15) is 0 Å². The van der Waals surface area contributed by atoms with Gasteiger partial charge < -0.3 is 5.32 Å². The molecule has 0 aromatic heterocycles. The van der Waals surface area contributed by atoms with Gasteiger partial charge in [0.2, 0.25) is 0 Å². The van der Waals surface area contributed by atoms with E-state index in [2.05, 4.69) is 31.3 Å². The second-order valence-corrected chi connectivity index (χ2v) is 9.08. The maximum atomic E-state index is 12.6. The number of carbonyl (C=O) groups excluding carboxylic acids is 1. The summed E-state index contributed by atoms with van der Waals surface area (Å²) in [5, 5.41) is 2.89. The highest BCUT2D eigenvalue weighted by Crippen LogP contribution is 2.30. The number of hydrogen-bond donors (Lipinski definition) is 1. The SMILES string of the molecule is CC(C)c1ccc2c(c1)CCCN2C(=O)NC1CCS(=O)(=O)C1. The minimum atomic E-state index is -2.98. The van der Waals surface area contributed by atoms with Crippen molar-refractivity contribution < 1.29 is 13.2 Å². The van der Waals surface area contributed by atoms with Gasteiger partial charge in [-0.05, 0) is 42.4 Å². The van der Waals surface area contributed by atoms with Crippen LogP contribution in [-0.4, -0.2) is 38.5 Å². The number of hydrogen-bond acceptors (Lipinski definition) is 3. The van der Waals surface area contributed by atoms with Gasteiger partial charge in [0, 0.05) is 18.3 Å². The molecule has 1 aromatic carbocycles. The molecule has 23 heavy (non-hydrogen) atoms. The number of urea groups is 1. The fraction of sp³-hybridized carbons (Fsp3) is 0.588. The maximum Gasteiger partial charge on any atom is 0.322 e. The Balaban J connectivity index is 1.76. The van der Waals surface area contributed by atoms with Crippen molar-refractivity contribution in [3.8, 4) is 0 Å². The smallest absolute Gasteiger partial charge is 0.322 e. The third-order valence-corrected chi connectivity index (χ3v) is 6.46. The van der Waals surface area contributed by atoms with Crippen molar-refractivity contribution in [2.45, 2.75) is 45.1 Å². The van der Waals surface area contributed by atoms with Gasteiger partial charge in [0.05, 0.1) is 11.5 Å². The third kappa shape index (κ3) is 3.52. The second kappa shape index (κ2) is 6.15. The van der Waals surface area contributed by atoms with Crippen LogP contribution in [-0.2, 0) is 16.3 Å². The lowest BCUT2D eigenvalue weighted by Crippen LogP contribution is -2.47. The molecular formula is C17H24N2O3S. The standard InChI is InChI=1S/C17H24N2O3S/c1-12(2)13-5-6-16-14(10-13)4-3-8-19(16)17(20)18-15-7-9-23(21,22)11-15/h5-6,10,12,15H,3-4,7-9,11H2,1-2H3,(H,18,20). The number of nitrogens with one attached hydrogen (secondary N) is 1. The summed E-state index contributed by atoms with van der Waals surface area (Å²) in [7, 11) is -2.98. The molecule has 0 saturated carbocycles. The lowest BCUT2D eigenvalue weighted by atomic mass is 9.95. The summed E-state index contributed by atoms with van der Waals surface area (Å²) in [6.45, 7) is 5.00. The molecule has 1 N–H and O–H groups in total. The van der Waals surface area contributed by atoms with Crippen molar-refractivity contribution in [1.82, 2.24) is 5.32 Å². The summed E-state index contributed by atoms with van der Waals surface area (Å²) >= 11 is 0. The van der Waals surface area contributed by atoms with Crippen LogP contribution in [0.4, 0.5) is 10.5 Å². The average molecular weight is 336 g/mol. The predicted molar refractivity (Wildman–Crippen MR) is 91.8 cm³/mol. The molecule has 0 bridgehead atoms. The van der Waals surface area contributed by atoms with Gasteiger partial charge in [0.25, 0.3) is 0 Å². The van der Waals surface area contributed by atoms with Gasteiger partial charge in [0.15, 0.2) is 9.84 Å². The number of aryl methyl sites for hydroxylation is 1. The molecule has 1 atom stereocenters. The molecule has 2 aliphatic heterocycles. The molecule has 1 unspecified atom stereocenters. The summed E-state index contributed by atoms with van der Waals surface area (Å²) in [6, 6.07) is 5.86. The Bertz CT molecular complexity index is 713. The normalized spacial score (nSPS) is 22.9. The van der Waals surface area contributed by atoms with Gasteiger partial charge in [-0.2, -0.15) is 0 Å². The van der Waals surface area contributed by atoms with Crippen molar-refractivity contribution in [2.24, 2.45) is 0 Å². The zero-order valence-electron chi connectivity index (χ0n) is 13.7. The van der Waals surface area contributed by atoms with E-state index in [1.807, 2.05) is 6.07 Å². The zero-order chi connectivity index (χ0) is 16.6. The first-order chi connectivity index (χ1) is 10.9. The van der Waals surface area contributed by atoms with Crippen LogP contribution in [0.15, 0.2) is 18.2 Å².